The smallest absolute Gasteiger partial charge is 0.306 e. The molecule has 1 atom stereocenters. The summed E-state index contributed by atoms with van der Waals surface area (Å²) in [5.41, 5.74) is 0. The Morgan fingerprint density at radius 1 is 0.282 bits per heavy atom. The molecule has 0 bridgehead atoms. The first kappa shape index (κ1) is 68.1. The maximum Gasteiger partial charge on any atom is 0.306 e. The second-order valence-corrected chi connectivity index (χ2v) is 20.6. The number of carbonyl (C=O) groups excluding carboxylic acids is 3. The summed E-state index contributed by atoms with van der Waals surface area (Å²) in [6.45, 7) is 6.63. The Kier molecular flexibility index (Phi) is 57.2. The van der Waals surface area contributed by atoms with Crippen molar-refractivity contribution in [3.8, 4) is 0 Å². The first-order valence-electron chi connectivity index (χ1n) is 30.8. The lowest BCUT2D eigenvalue weighted by Crippen LogP contribution is -2.30. The van der Waals surface area contributed by atoms with Crippen molar-refractivity contribution in [1.29, 1.82) is 0 Å². The highest BCUT2D eigenvalue weighted by Gasteiger charge is 2.19. The molecule has 412 valence electrons. The van der Waals surface area contributed by atoms with Gasteiger partial charge in [0.05, 0.1) is 0 Å². The quantitative estimate of drug-likeness (QED) is 0.0261. The average Bonchev–Trinajstić information content (AvgIpc) is 3.37. The van der Waals surface area contributed by atoms with Crippen molar-refractivity contribution in [2.45, 2.75) is 322 Å². The van der Waals surface area contributed by atoms with Crippen LogP contribution in [0, 0.1) is 0 Å². The topological polar surface area (TPSA) is 78.9 Å². The molecular weight excluding hydrogens is 877 g/mol. The molecule has 0 spiro atoms. The lowest BCUT2D eigenvalue weighted by molar-refractivity contribution is -0.167. The van der Waals surface area contributed by atoms with Crippen molar-refractivity contribution in [3.05, 3.63) is 60.8 Å². The highest BCUT2D eigenvalue weighted by atomic mass is 16.6. The Labute approximate surface area is 440 Å². The van der Waals surface area contributed by atoms with Crippen LogP contribution in [-0.2, 0) is 28.6 Å². The molecule has 0 radical (unpaired) electrons. The Bertz CT molecular complexity index is 1280. The van der Waals surface area contributed by atoms with E-state index in [-0.39, 0.29) is 31.1 Å². The van der Waals surface area contributed by atoms with Crippen molar-refractivity contribution in [1.82, 2.24) is 0 Å². The minimum atomic E-state index is -0.786. The Morgan fingerprint density at radius 2 is 0.507 bits per heavy atom. The first-order valence-corrected chi connectivity index (χ1v) is 30.8. The molecule has 0 aliphatic heterocycles. The van der Waals surface area contributed by atoms with Crippen LogP contribution < -0.4 is 0 Å². The number of carbonyl (C=O) groups is 3. The largest absolute Gasteiger partial charge is 0.462 e. The zero-order valence-electron chi connectivity index (χ0n) is 47.2. The molecule has 71 heavy (non-hydrogen) atoms. The van der Waals surface area contributed by atoms with Gasteiger partial charge in [0.25, 0.3) is 0 Å². The van der Waals surface area contributed by atoms with E-state index in [1.54, 1.807) is 0 Å². The van der Waals surface area contributed by atoms with Gasteiger partial charge < -0.3 is 14.2 Å². The summed E-state index contributed by atoms with van der Waals surface area (Å²) in [6, 6.07) is 0. The summed E-state index contributed by atoms with van der Waals surface area (Å²) in [7, 11) is 0. The van der Waals surface area contributed by atoms with E-state index in [9.17, 15) is 14.4 Å². The van der Waals surface area contributed by atoms with Crippen molar-refractivity contribution >= 4 is 17.9 Å². The number of rotatable bonds is 56. The van der Waals surface area contributed by atoms with Crippen LogP contribution in [0.4, 0.5) is 0 Å². The highest BCUT2D eigenvalue weighted by Crippen LogP contribution is 2.15. The fourth-order valence-electron chi connectivity index (χ4n) is 8.79. The van der Waals surface area contributed by atoms with E-state index >= 15 is 0 Å². The van der Waals surface area contributed by atoms with Gasteiger partial charge in [-0.1, -0.05) is 248 Å². The standard InChI is InChI=1S/C65H116O6/c1-4-7-10-13-16-19-22-25-28-30-32-33-34-36-37-40-43-46-49-52-55-58-64(67)70-61-62(60-69-63(66)57-54-51-48-45-42-39-27-24-21-18-15-12-9-6-3)71-65(68)59-56-53-50-47-44-41-38-35-31-29-26-23-20-17-14-11-8-5-2/h22,24-25,27,29-32,34,36,62H,4-21,23,26,28,33,35,37-61H2,1-3H3/b25-22-,27-24-,31-29-,32-30-,36-34-. The van der Waals surface area contributed by atoms with Gasteiger partial charge in [0.2, 0.25) is 0 Å². The van der Waals surface area contributed by atoms with Gasteiger partial charge in [-0.15, -0.1) is 0 Å². The molecule has 0 heterocycles. The van der Waals surface area contributed by atoms with Crippen LogP contribution in [-0.4, -0.2) is 37.2 Å². The third-order valence-corrected chi connectivity index (χ3v) is 13.5. The molecule has 1 unspecified atom stereocenters. The molecule has 0 aromatic heterocycles. The lowest BCUT2D eigenvalue weighted by atomic mass is 10.1. The predicted octanol–water partition coefficient (Wildman–Crippen LogP) is 20.8. The van der Waals surface area contributed by atoms with Crippen LogP contribution in [0.25, 0.3) is 0 Å². The van der Waals surface area contributed by atoms with Crippen LogP contribution in [0.15, 0.2) is 60.8 Å². The van der Waals surface area contributed by atoms with Crippen molar-refractivity contribution < 1.29 is 28.6 Å². The summed E-state index contributed by atoms with van der Waals surface area (Å²) in [5.74, 6) is -0.895. The molecule has 0 aromatic rings. The van der Waals surface area contributed by atoms with Gasteiger partial charge in [-0.05, 0) is 109 Å². The van der Waals surface area contributed by atoms with E-state index in [0.29, 0.717) is 19.3 Å². The summed E-state index contributed by atoms with van der Waals surface area (Å²) >= 11 is 0. The maximum absolute atomic E-state index is 12.9. The first-order chi connectivity index (χ1) is 35.0. The van der Waals surface area contributed by atoms with Crippen LogP contribution in [0.3, 0.4) is 0 Å². The number of unbranched alkanes of at least 4 members (excludes halogenated alkanes) is 35. The van der Waals surface area contributed by atoms with Crippen molar-refractivity contribution in [2.75, 3.05) is 13.2 Å². The predicted molar refractivity (Wildman–Crippen MR) is 307 cm³/mol. The van der Waals surface area contributed by atoms with Crippen molar-refractivity contribution in [2.24, 2.45) is 0 Å². The number of hydrogen-bond donors (Lipinski definition) is 0. The Morgan fingerprint density at radius 3 is 0.803 bits per heavy atom. The van der Waals surface area contributed by atoms with Crippen LogP contribution in [0.1, 0.15) is 316 Å². The zero-order chi connectivity index (χ0) is 51.4. The maximum atomic E-state index is 12.9. The molecule has 0 fully saturated rings. The lowest BCUT2D eigenvalue weighted by Gasteiger charge is -2.18. The fraction of sp³-hybridized carbons (Fsp3) is 0.800. The molecule has 0 N–H and O–H groups in total. The van der Waals surface area contributed by atoms with Gasteiger partial charge >= 0.3 is 17.9 Å². The van der Waals surface area contributed by atoms with Crippen molar-refractivity contribution in [3.63, 3.8) is 0 Å². The summed E-state index contributed by atoms with van der Waals surface area (Å²) in [5, 5.41) is 0. The fourth-order valence-corrected chi connectivity index (χ4v) is 8.79. The molecule has 0 aromatic carbocycles. The third kappa shape index (κ3) is 57.9. The van der Waals surface area contributed by atoms with E-state index in [4.69, 9.17) is 14.2 Å². The van der Waals surface area contributed by atoms with Crippen LogP contribution >= 0.6 is 0 Å². The molecule has 6 heteroatoms. The zero-order valence-corrected chi connectivity index (χ0v) is 47.2. The second kappa shape index (κ2) is 59.7. The molecule has 0 amide bonds. The number of allylic oxidation sites excluding steroid dienone is 10. The SMILES string of the molecule is CCCCCCC/C=C\C/C=C\C/C=C\CCCCCCCCC(=O)OCC(COC(=O)CCCCCCC/C=C\CCCCCCC)OC(=O)CCCCCCCCC/C=C\CCCCCCCCC. The van der Waals surface area contributed by atoms with Gasteiger partial charge in [0.15, 0.2) is 6.10 Å². The molecule has 0 saturated heterocycles. The van der Waals surface area contributed by atoms with E-state index in [2.05, 4.69) is 81.5 Å². The Hall–Kier alpha value is -2.89. The van der Waals surface area contributed by atoms with E-state index in [0.717, 1.165) is 83.5 Å². The normalized spacial score (nSPS) is 12.4. The highest BCUT2D eigenvalue weighted by molar-refractivity contribution is 5.71. The second-order valence-electron chi connectivity index (χ2n) is 20.6. The molecule has 0 aliphatic rings. The number of esters is 3. The molecule has 0 rings (SSSR count). The molecule has 0 aliphatic carbocycles. The Balaban J connectivity index is 4.39. The number of ether oxygens (including phenoxy) is 3. The minimum absolute atomic E-state index is 0.0834. The monoisotopic (exact) mass is 993 g/mol. The van der Waals surface area contributed by atoms with E-state index in [1.807, 2.05) is 0 Å². The minimum Gasteiger partial charge on any atom is -0.462 e. The van der Waals surface area contributed by atoms with Crippen LogP contribution in [0.5, 0.6) is 0 Å². The van der Waals surface area contributed by atoms with Gasteiger partial charge in [0, 0.05) is 19.3 Å². The van der Waals surface area contributed by atoms with Gasteiger partial charge in [-0.25, -0.2) is 0 Å². The summed E-state index contributed by atoms with van der Waals surface area (Å²) in [6.07, 6.45) is 75.0. The molecular formula is C65H116O6. The van der Waals surface area contributed by atoms with E-state index in [1.165, 1.54) is 193 Å². The van der Waals surface area contributed by atoms with E-state index < -0.39 is 6.10 Å². The van der Waals surface area contributed by atoms with Crippen LogP contribution in [0.2, 0.25) is 0 Å². The van der Waals surface area contributed by atoms with Gasteiger partial charge in [0.1, 0.15) is 13.2 Å². The number of hydrogen-bond acceptors (Lipinski definition) is 6. The molecule has 0 saturated carbocycles. The molecule has 6 nitrogen and oxygen atoms in total. The van der Waals surface area contributed by atoms with Gasteiger partial charge in [-0.2, -0.15) is 0 Å². The summed E-state index contributed by atoms with van der Waals surface area (Å²) < 4.78 is 16.9. The van der Waals surface area contributed by atoms with Gasteiger partial charge in [-0.3, -0.25) is 14.4 Å². The third-order valence-electron chi connectivity index (χ3n) is 13.5. The summed E-state index contributed by atoms with van der Waals surface area (Å²) in [4.78, 5) is 38.2. The average molecular weight is 994 g/mol.